The van der Waals surface area contributed by atoms with Crippen molar-refractivity contribution in [3.05, 3.63) is 46.1 Å². The molecule has 0 aliphatic carbocycles. The molecule has 1 aliphatic rings. The number of halogens is 3. The number of hydrogen-bond donors (Lipinski definition) is 1. The van der Waals surface area contributed by atoms with Gasteiger partial charge in [-0.25, -0.2) is 4.68 Å². The monoisotopic (exact) mass is 454 g/mol. The Labute approximate surface area is 182 Å². The van der Waals surface area contributed by atoms with Gasteiger partial charge in [0.25, 0.3) is 5.69 Å². The minimum absolute atomic E-state index is 0.0821. The fraction of sp³-hybridized carbons (Fsp3) is 0.500. The molecule has 32 heavy (non-hydrogen) atoms. The first-order valence-electron chi connectivity index (χ1n) is 10.2. The first-order valence-corrected chi connectivity index (χ1v) is 10.2. The molecule has 1 saturated heterocycles. The van der Waals surface area contributed by atoms with E-state index in [2.05, 4.69) is 10.4 Å². The van der Waals surface area contributed by atoms with Crippen molar-refractivity contribution in [3.63, 3.8) is 0 Å². The van der Waals surface area contributed by atoms with Gasteiger partial charge in [-0.3, -0.25) is 19.8 Å². The number of amides is 1. The molecule has 2 aromatic rings. The van der Waals surface area contributed by atoms with Crippen molar-refractivity contribution in [2.24, 2.45) is 0 Å². The Morgan fingerprint density at radius 1 is 1.16 bits per heavy atom. The Hall–Kier alpha value is -3.15. The second-order valence-corrected chi connectivity index (χ2v) is 7.90. The molecule has 2 heterocycles. The Balaban J connectivity index is 1.66. The molecule has 0 bridgehead atoms. The lowest BCUT2D eigenvalue weighted by Crippen LogP contribution is -2.53. The number of nitro benzene ring substituents is 1. The van der Waals surface area contributed by atoms with E-state index in [0.29, 0.717) is 38.1 Å². The fourth-order valence-electron chi connectivity index (χ4n) is 3.68. The summed E-state index contributed by atoms with van der Waals surface area (Å²) in [7, 11) is 0. The van der Waals surface area contributed by atoms with Crippen molar-refractivity contribution in [2.75, 3.05) is 36.4 Å². The summed E-state index contributed by atoms with van der Waals surface area (Å²) < 4.78 is 40.5. The van der Waals surface area contributed by atoms with Crippen LogP contribution in [-0.4, -0.2) is 57.7 Å². The zero-order valence-corrected chi connectivity index (χ0v) is 18.0. The highest BCUT2D eigenvalue weighted by Gasteiger charge is 2.35. The van der Waals surface area contributed by atoms with E-state index in [1.165, 1.54) is 0 Å². The van der Waals surface area contributed by atoms with Crippen LogP contribution in [0.15, 0.2) is 30.5 Å². The van der Waals surface area contributed by atoms with E-state index >= 15 is 0 Å². The van der Waals surface area contributed by atoms with Gasteiger partial charge < -0.3 is 10.2 Å². The lowest BCUT2D eigenvalue weighted by atomic mass is 10.1. The number of anilines is 2. The molecule has 0 radical (unpaired) electrons. The first kappa shape index (κ1) is 23.5. The number of rotatable bonds is 6. The van der Waals surface area contributed by atoms with Gasteiger partial charge in [-0.2, -0.15) is 18.3 Å². The second-order valence-electron chi connectivity index (χ2n) is 7.90. The van der Waals surface area contributed by atoms with Crippen LogP contribution in [0.25, 0.3) is 0 Å². The van der Waals surface area contributed by atoms with E-state index in [1.54, 1.807) is 28.8 Å². The van der Waals surface area contributed by atoms with Crippen LogP contribution in [0.3, 0.4) is 0 Å². The molecule has 1 unspecified atom stereocenters. The van der Waals surface area contributed by atoms with Crippen LogP contribution in [0.4, 0.5) is 30.4 Å². The van der Waals surface area contributed by atoms with Gasteiger partial charge in [0.05, 0.1) is 22.7 Å². The van der Waals surface area contributed by atoms with Gasteiger partial charge in [0.2, 0.25) is 5.91 Å². The largest absolute Gasteiger partial charge is 0.416 e. The summed E-state index contributed by atoms with van der Waals surface area (Å²) in [4.78, 5) is 26.9. The third-order valence-corrected chi connectivity index (χ3v) is 5.49. The molecule has 3 rings (SSSR count). The fourth-order valence-corrected chi connectivity index (χ4v) is 3.68. The van der Waals surface area contributed by atoms with Crippen LogP contribution in [0, 0.1) is 10.1 Å². The molecule has 1 atom stereocenters. The van der Waals surface area contributed by atoms with Crippen molar-refractivity contribution in [1.29, 1.82) is 0 Å². The molecule has 1 N–H and O–H groups in total. The van der Waals surface area contributed by atoms with E-state index in [4.69, 9.17) is 0 Å². The lowest BCUT2D eigenvalue weighted by molar-refractivity contribution is -0.384. The number of carbonyl (C=O) groups excluding carboxylic acids is 1. The summed E-state index contributed by atoms with van der Waals surface area (Å²) in [6, 6.07) is 3.89. The number of hydrogen-bond acceptors (Lipinski definition) is 6. The minimum Gasteiger partial charge on any atom is -0.363 e. The van der Waals surface area contributed by atoms with E-state index in [9.17, 15) is 28.1 Å². The van der Waals surface area contributed by atoms with Crippen molar-refractivity contribution < 1.29 is 22.9 Å². The number of alkyl halides is 3. The highest BCUT2D eigenvalue weighted by Crippen LogP contribution is 2.36. The maximum Gasteiger partial charge on any atom is 0.416 e. The van der Waals surface area contributed by atoms with Gasteiger partial charge in [-0.05, 0) is 32.9 Å². The predicted octanol–water partition coefficient (Wildman–Crippen LogP) is 3.54. The molecule has 0 saturated carbocycles. The van der Waals surface area contributed by atoms with Gasteiger partial charge in [0.15, 0.2) is 0 Å². The van der Waals surface area contributed by atoms with Crippen LogP contribution >= 0.6 is 0 Å². The molecule has 1 aromatic carbocycles. The zero-order valence-electron chi connectivity index (χ0n) is 18.0. The second kappa shape index (κ2) is 9.15. The van der Waals surface area contributed by atoms with E-state index in [0.717, 1.165) is 12.1 Å². The smallest absolute Gasteiger partial charge is 0.363 e. The van der Waals surface area contributed by atoms with Crippen LogP contribution < -0.4 is 10.2 Å². The Morgan fingerprint density at radius 2 is 1.81 bits per heavy atom. The summed E-state index contributed by atoms with van der Waals surface area (Å²) in [5, 5.41) is 18.4. The standard InChI is InChI=1S/C20H25F3N6O3/c1-13(2)28-18(6-7-24-28)25-19(30)14(3)26-8-10-27(11-9-26)16-5-4-15(20(21,22)23)12-17(16)29(31)32/h4-7,12-14H,8-11H2,1-3H3,(H,25,30). The number of nitrogens with one attached hydrogen (secondary N) is 1. The summed E-state index contributed by atoms with van der Waals surface area (Å²) in [6.45, 7) is 7.20. The number of nitro groups is 1. The van der Waals surface area contributed by atoms with Gasteiger partial charge in [0.1, 0.15) is 11.5 Å². The molecular formula is C20H25F3N6O3. The van der Waals surface area contributed by atoms with Gasteiger partial charge >= 0.3 is 6.18 Å². The van der Waals surface area contributed by atoms with E-state index in [-0.39, 0.29) is 17.6 Å². The SMILES string of the molecule is CC(C(=O)Nc1ccnn1C(C)C)N1CCN(c2ccc(C(F)(F)F)cc2[N+](=O)[O-])CC1. The number of carbonyl (C=O) groups is 1. The average molecular weight is 454 g/mol. The third kappa shape index (κ3) is 5.01. The zero-order chi connectivity index (χ0) is 23.6. The maximum atomic E-state index is 12.9. The molecule has 1 aromatic heterocycles. The molecule has 1 amide bonds. The summed E-state index contributed by atoms with van der Waals surface area (Å²) in [6.07, 6.45) is -3.05. The molecule has 12 heteroatoms. The first-order chi connectivity index (χ1) is 15.0. The maximum absolute atomic E-state index is 12.9. The normalized spacial score (nSPS) is 16.3. The van der Waals surface area contributed by atoms with Crippen LogP contribution in [-0.2, 0) is 11.0 Å². The van der Waals surface area contributed by atoms with Crippen molar-refractivity contribution >= 4 is 23.1 Å². The summed E-state index contributed by atoms with van der Waals surface area (Å²) in [5.74, 6) is 0.386. The average Bonchev–Trinajstić information content (AvgIpc) is 3.20. The van der Waals surface area contributed by atoms with Crippen LogP contribution in [0.2, 0.25) is 0 Å². The lowest BCUT2D eigenvalue weighted by Gasteiger charge is -2.38. The third-order valence-electron chi connectivity index (χ3n) is 5.49. The number of piperazine rings is 1. The number of nitrogens with zero attached hydrogens (tertiary/aromatic N) is 5. The minimum atomic E-state index is -4.66. The topological polar surface area (TPSA) is 96.5 Å². The Morgan fingerprint density at radius 3 is 2.38 bits per heavy atom. The summed E-state index contributed by atoms with van der Waals surface area (Å²) in [5.41, 5.74) is -1.50. The van der Waals surface area contributed by atoms with Crippen molar-refractivity contribution in [1.82, 2.24) is 14.7 Å². The van der Waals surface area contributed by atoms with E-state index in [1.807, 2.05) is 18.7 Å². The highest BCUT2D eigenvalue weighted by molar-refractivity contribution is 5.93. The Kier molecular flexibility index (Phi) is 6.72. The molecule has 9 nitrogen and oxygen atoms in total. The number of benzene rings is 1. The molecule has 1 fully saturated rings. The van der Waals surface area contributed by atoms with Gasteiger partial charge in [0, 0.05) is 44.4 Å². The number of aromatic nitrogens is 2. The van der Waals surface area contributed by atoms with Crippen LogP contribution in [0.5, 0.6) is 0 Å². The van der Waals surface area contributed by atoms with Crippen LogP contribution in [0.1, 0.15) is 32.4 Å². The predicted molar refractivity (Wildman–Crippen MR) is 113 cm³/mol. The molecular weight excluding hydrogens is 429 g/mol. The quantitative estimate of drug-likeness (QED) is 0.530. The highest BCUT2D eigenvalue weighted by atomic mass is 19.4. The van der Waals surface area contributed by atoms with Gasteiger partial charge in [-0.15, -0.1) is 0 Å². The van der Waals surface area contributed by atoms with E-state index < -0.39 is 28.4 Å². The molecule has 1 aliphatic heterocycles. The Bertz CT molecular complexity index is 983. The van der Waals surface area contributed by atoms with Crippen molar-refractivity contribution in [2.45, 2.75) is 39.0 Å². The van der Waals surface area contributed by atoms with Crippen molar-refractivity contribution in [3.8, 4) is 0 Å². The molecule has 0 spiro atoms. The summed E-state index contributed by atoms with van der Waals surface area (Å²) >= 11 is 0. The molecule has 174 valence electrons. The van der Waals surface area contributed by atoms with Gasteiger partial charge in [-0.1, -0.05) is 0 Å².